The molecule has 1 atom stereocenters. The van der Waals surface area contributed by atoms with Gasteiger partial charge in [-0.2, -0.15) is 0 Å². The van der Waals surface area contributed by atoms with Gasteiger partial charge in [-0.3, -0.25) is 4.79 Å². The molecule has 138 valence electrons. The molecule has 3 rings (SSSR count). The van der Waals surface area contributed by atoms with Crippen LogP contribution in [0.3, 0.4) is 0 Å². The maximum absolute atomic E-state index is 13.3. The Balaban J connectivity index is 1.75. The highest BCUT2D eigenvalue weighted by Gasteiger charge is 2.42. The molecule has 0 heterocycles. The van der Waals surface area contributed by atoms with Crippen LogP contribution >= 0.6 is 0 Å². The molecule has 1 fully saturated rings. The second kappa shape index (κ2) is 7.90. The lowest BCUT2D eigenvalue weighted by molar-refractivity contribution is -0.121. The average Bonchev–Trinajstić information content (AvgIpc) is 3.15. The molecule has 4 heteroatoms. The topological polar surface area (TPSA) is 38.3 Å². The molecule has 0 aliphatic heterocycles. The fourth-order valence-corrected chi connectivity index (χ4v) is 3.58. The fourth-order valence-electron chi connectivity index (χ4n) is 3.58. The summed E-state index contributed by atoms with van der Waals surface area (Å²) in [7, 11) is 0. The van der Waals surface area contributed by atoms with Crippen molar-refractivity contribution in [2.45, 2.75) is 57.5 Å². The molecule has 0 spiro atoms. The first-order valence-corrected chi connectivity index (χ1v) is 9.38. The first kappa shape index (κ1) is 18.4. The number of halogens is 1. The molecule has 1 aliphatic carbocycles. The van der Waals surface area contributed by atoms with Crippen molar-refractivity contribution in [1.82, 2.24) is 0 Å². The predicted octanol–water partition coefficient (Wildman–Crippen LogP) is 5.45. The number of rotatable bonds is 6. The van der Waals surface area contributed by atoms with Crippen LogP contribution in [-0.2, 0) is 10.2 Å². The van der Waals surface area contributed by atoms with E-state index in [1.54, 1.807) is 12.1 Å². The van der Waals surface area contributed by atoms with Gasteiger partial charge in [0.05, 0.1) is 11.5 Å². The Labute approximate surface area is 154 Å². The van der Waals surface area contributed by atoms with E-state index in [1.165, 1.54) is 12.1 Å². The number of carbonyl (C=O) groups excluding carboxylic acids is 1. The molecule has 0 saturated heterocycles. The summed E-state index contributed by atoms with van der Waals surface area (Å²) in [6, 6.07) is 13.8. The maximum atomic E-state index is 13.3. The highest BCUT2D eigenvalue weighted by Crippen LogP contribution is 2.42. The summed E-state index contributed by atoms with van der Waals surface area (Å²) in [5, 5.41) is 3.04. The Morgan fingerprint density at radius 3 is 2.31 bits per heavy atom. The Hall–Kier alpha value is -2.36. The summed E-state index contributed by atoms with van der Waals surface area (Å²) in [6.45, 7) is 4.11. The van der Waals surface area contributed by atoms with Crippen LogP contribution < -0.4 is 10.1 Å². The molecule has 0 aromatic heterocycles. The van der Waals surface area contributed by atoms with Gasteiger partial charge >= 0.3 is 0 Å². The van der Waals surface area contributed by atoms with E-state index in [0.717, 1.165) is 49.1 Å². The summed E-state index contributed by atoms with van der Waals surface area (Å²) in [6.07, 6.45) is 4.70. The zero-order valence-corrected chi connectivity index (χ0v) is 15.4. The minimum Gasteiger partial charge on any atom is -0.491 e. The Kier molecular flexibility index (Phi) is 5.60. The SMILES string of the molecule is CCC(C)Oc1ccc(NC(=O)C2(c3ccc(F)cc3)CCCC2)cc1. The number of hydrogen-bond acceptors (Lipinski definition) is 2. The van der Waals surface area contributed by atoms with E-state index < -0.39 is 5.41 Å². The zero-order valence-electron chi connectivity index (χ0n) is 15.4. The van der Waals surface area contributed by atoms with Crippen LogP contribution in [0.15, 0.2) is 48.5 Å². The van der Waals surface area contributed by atoms with E-state index >= 15 is 0 Å². The lowest BCUT2D eigenvalue weighted by atomic mass is 9.78. The number of nitrogens with one attached hydrogen (secondary N) is 1. The van der Waals surface area contributed by atoms with Gasteiger partial charge in [0, 0.05) is 5.69 Å². The number of anilines is 1. The van der Waals surface area contributed by atoms with E-state index in [4.69, 9.17) is 4.74 Å². The van der Waals surface area contributed by atoms with Crippen LogP contribution in [0.1, 0.15) is 51.5 Å². The van der Waals surface area contributed by atoms with Crippen molar-refractivity contribution < 1.29 is 13.9 Å². The van der Waals surface area contributed by atoms with Gasteiger partial charge in [-0.05, 0) is 68.1 Å². The molecule has 3 nitrogen and oxygen atoms in total. The molecule has 1 unspecified atom stereocenters. The molecule has 1 amide bonds. The van der Waals surface area contributed by atoms with E-state index in [2.05, 4.69) is 12.2 Å². The molecule has 2 aromatic carbocycles. The van der Waals surface area contributed by atoms with Crippen LogP contribution in [0, 0.1) is 5.82 Å². The Morgan fingerprint density at radius 1 is 1.12 bits per heavy atom. The predicted molar refractivity (Wildman–Crippen MR) is 102 cm³/mol. The van der Waals surface area contributed by atoms with Gasteiger partial charge in [0.15, 0.2) is 0 Å². The standard InChI is InChI=1S/C22H26FNO2/c1-3-16(2)26-20-12-10-19(11-13-20)24-21(25)22(14-4-5-15-22)17-6-8-18(23)9-7-17/h6-13,16H,3-5,14-15H2,1-2H3,(H,24,25). The highest BCUT2D eigenvalue weighted by molar-refractivity contribution is 5.99. The lowest BCUT2D eigenvalue weighted by Gasteiger charge is -2.28. The third kappa shape index (κ3) is 3.90. The largest absolute Gasteiger partial charge is 0.491 e. The molecule has 26 heavy (non-hydrogen) atoms. The van der Waals surface area contributed by atoms with Gasteiger partial charge < -0.3 is 10.1 Å². The Bertz CT molecular complexity index is 734. The second-order valence-electron chi connectivity index (χ2n) is 7.11. The van der Waals surface area contributed by atoms with Crippen molar-refractivity contribution in [2.75, 3.05) is 5.32 Å². The van der Waals surface area contributed by atoms with Crippen molar-refractivity contribution in [3.8, 4) is 5.75 Å². The summed E-state index contributed by atoms with van der Waals surface area (Å²) in [5.41, 5.74) is 1.07. The summed E-state index contributed by atoms with van der Waals surface area (Å²) in [5.74, 6) is 0.503. The van der Waals surface area contributed by atoms with Crippen LogP contribution in [0.4, 0.5) is 10.1 Å². The molecular formula is C22H26FNO2. The van der Waals surface area contributed by atoms with Gasteiger partial charge in [0.25, 0.3) is 0 Å². The number of amides is 1. The fraction of sp³-hybridized carbons (Fsp3) is 0.409. The highest BCUT2D eigenvalue weighted by atomic mass is 19.1. The van der Waals surface area contributed by atoms with Crippen LogP contribution in [0.25, 0.3) is 0 Å². The monoisotopic (exact) mass is 355 g/mol. The number of hydrogen-bond donors (Lipinski definition) is 1. The smallest absolute Gasteiger partial charge is 0.235 e. The lowest BCUT2D eigenvalue weighted by Crippen LogP contribution is -2.38. The van der Waals surface area contributed by atoms with Crippen molar-refractivity contribution in [1.29, 1.82) is 0 Å². The molecule has 0 bridgehead atoms. The zero-order chi connectivity index (χ0) is 18.6. The Morgan fingerprint density at radius 2 is 1.73 bits per heavy atom. The second-order valence-corrected chi connectivity index (χ2v) is 7.11. The van der Waals surface area contributed by atoms with E-state index in [1.807, 2.05) is 31.2 Å². The first-order chi connectivity index (χ1) is 12.5. The van der Waals surface area contributed by atoms with Crippen molar-refractivity contribution >= 4 is 11.6 Å². The van der Waals surface area contributed by atoms with E-state index in [0.29, 0.717) is 0 Å². The van der Waals surface area contributed by atoms with E-state index in [-0.39, 0.29) is 17.8 Å². The van der Waals surface area contributed by atoms with Gasteiger partial charge in [0.1, 0.15) is 11.6 Å². The van der Waals surface area contributed by atoms with Crippen LogP contribution in [0.2, 0.25) is 0 Å². The molecule has 1 aliphatic rings. The minimum absolute atomic E-state index is 0.0165. The molecule has 2 aromatic rings. The average molecular weight is 355 g/mol. The summed E-state index contributed by atoms with van der Waals surface area (Å²) < 4.78 is 19.1. The third-order valence-corrected chi connectivity index (χ3v) is 5.31. The van der Waals surface area contributed by atoms with E-state index in [9.17, 15) is 9.18 Å². The minimum atomic E-state index is -0.570. The maximum Gasteiger partial charge on any atom is 0.235 e. The van der Waals surface area contributed by atoms with Crippen LogP contribution in [-0.4, -0.2) is 12.0 Å². The number of carbonyl (C=O) groups is 1. The number of ether oxygens (including phenoxy) is 1. The molecule has 0 radical (unpaired) electrons. The third-order valence-electron chi connectivity index (χ3n) is 5.31. The van der Waals surface area contributed by atoms with Crippen molar-refractivity contribution in [3.05, 3.63) is 59.9 Å². The first-order valence-electron chi connectivity index (χ1n) is 9.38. The van der Waals surface area contributed by atoms with Crippen molar-refractivity contribution in [3.63, 3.8) is 0 Å². The summed E-state index contributed by atoms with van der Waals surface area (Å²) in [4.78, 5) is 13.1. The molecule has 1 saturated carbocycles. The normalized spacial score (nSPS) is 16.9. The van der Waals surface area contributed by atoms with Gasteiger partial charge in [0.2, 0.25) is 5.91 Å². The van der Waals surface area contributed by atoms with Crippen LogP contribution in [0.5, 0.6) is 5.75 Å². The van der Waals surface area contributed by atoms with Gasteiger partial charge in [-0.15, -0.1) is 0 Å². The molecule has 1 N–H and O–H groups in total. The quantitative estimate of drug-likeness (QED) is 0.748. The van der Waals surface area contributed by atoms with Gasteiger partial charge in [-0.1, -0.05) is 31.9 Å². The molecular weight excluding hydrogens is 329 g/mol. The van der Waals surface area contributed by atoms with Crippen molar-refractivity contribution in [2.24, 2.45) is 0 Å². The van der Waals surface area contributed by atoms with Gasteiger partial charge in [-0.25, -0.2) is 4.39 Å². The number of benzene rings is 2. The summed E-state index contributed by atoms with van der Waals surface area (Å²) >= 11 is 0.